The third-order valence-electron chi connectivity index (χ3n) is 8.77. The third-order valence-corrected chi connectivity index (χ3v) is 8.77. The number of ether oxygens (including phenoxy) is 2. The van der Waals surface area contributed by atoms with Crippen LogP contribution in [0.15, 0.2) is 82.1 Å². The minimum absolute atomic E-state index is 0.136. The SMILES string of the molecule is CCN(CC)c1ccc2nc3c4cc(OCCCCCC(=O)N[C@@H](Cc5c[nH]c6ccccc56)C(=O)OC)ccc4c(=O)cc-3oc2c1. The molecule has 1 amide bonds. The standard InChI is InChI=1S/C38H40N4O6/c1-4-42(5-2)25-14-17-31-34(20-25)48-35-22-33(43)28-16-15-26(21-29(28)37(35)41-31)47-18-10-6-7-13-36(44)40-32(38(45)46-3)19-24-23-39-30-12-9-8-11-27(24)30/h8-9,11-12,14-17,20-23,32,39H,4-7,10,13,18-19H2,1-3H3,(H,40,44)/t32-/m0/s1. The number of nitrogens with zero attached hydrogens (tertiary/aromatic N) is 2. The number of aromatic amines is 1. The largest absolute Gasteiger partial charge is 0.494 e. The molecule has 0 saturated heterocycles. The molecule has 0 saturated carbocycles. The molecule has 10 heteroatoms. The number of rotatable bonds is 14. The summed E-state index contributed by atoms with van der Waals surface area (Å²) >= 11 is 0. The van der Waals surface area contributed by atoms with Crippen LogP contribution in [0, 0.1) is 0 Å². The van der Waals surface area contributed by atoms with E-state index in [2.05, 4.69) is 29.0 Å². The summed E-state index contributed by atoms with van der Waals surface area (Å²) in [6.45, 7) is 6.41. The second-order valence-electron chi connectivity index (χ2n) is 11.8. The van der Waals surface area contributed by atoms with Crippen molar-refractivity contribution >= 4 is 50.3 Å². The van der Waals surface area contributed by atoms with Gasteiger partial charge < -0.3 is 29.1 Å². The summed E-state index contributed by atoms with van der Waals surface area (Å²) in [5.74, 6) is 0.388. The molecule has 2 heterocycles. The van der Waals surface area contributed by atoms with Gasteiger partial charge in [-0.3, -0.25) is 9.59 Å². The number of anilines is 1. The normalized spacial score (nSPS) is 12.1. The Kier molecular flexibility index (Phi) is 9.89. The second kappa shape index (κ2) is 14.6. The first-order valence-electron chi connectivity index (χ1n) is 16.5. The number of fused-ring (bicyclic) bond motifs is 5. The van der Waals surface area contributed by atoms with E-state index in [-0.39, 0.29) is 17.8 Å². The maximum atomic E-state index is 13.0. The topological polar surface area (TPSA) is 127 Å². The number of hydrogen-bond donors (Lipinski definition) is 2. The number of unbranched alkanes of at least 4 members (excludes halogenated alkanes) is 2. The molecule has 0 radical (unpaired) electrons. The monoisotopic (exact) mass is 648 g/mol. The molecule has 0 fully saturated rings. The number of methoxy groups -OCH3 is 1. The number of para-hydroxylation sites is 1. The molecule has 48 heavy (non-hydrogen) atoms. The maximum Gasteiger partial charge on any atom is 0.328 e. The van der Waals surface area contributed by atoms with Gasteiger partial charge >= 0.3 is 5.97 Å². The minimum atomic E-state index is -0.770. The molecule has 10 nitrogen and oxygen atoms in total. The van der Waals surface area contributed by atoms with Crippen LogP contribution in [0.25, 0.3) is 44.2 Å². The van der Waals surface area contributed by atoms with Crippen molar-refractivity contribution < 1.29 is 23.5 Å². The minimum Gasteiger partial charge on any atom is -0.494 e. The highest BCUT2D eigenvalue weighted by Crippen LogP contribution is 2.33. The predicted octanol–water partition coefficient (Wildman–Crippen LogP) is 6.61. The van der Waals surface area contributed by atoms with E-state index in [0.29, 0.717) is 58.5 Å². The number of carbonyl (C=O) groups is 2. The average Bonchev–Trinajstić information content (AvgIpc) is 3.51. The first-order chi connectivity index (χ1) is 23.4. The Bertz CT molecular complexity index is 2100. The van der Waals surface area contributed by atoms with E-state index in [9.17, 15) is 14.4 Å². The van der Waals surface area contributed by atoms with Crippen molar-refractivity contribution in [3.8, 4) is 17.2 Å². The third kappa shape index (κ3) is 6.97. The van der Waals surface area contributed by atoms with Crippen molar-refractivity contribution in [3.05, 3.63) is 88.7 Å². The van der Waals surface area contributed by atoms with Gasteiger partial charge in [0.05, 0.1) is 13.7 Å². The number of carbonyl (C=O) groups excluding carboxylic acids is 2. The zero-order valence-electron chi connectivity index (χ0n) is 27.5. The molecule has 0 spiro atoms. The lowest BCUT2D eigenvalue weighted by Crippen LogP contribution is -2.43. The zero-order chi connectivity index (χ0) is 33.6. The summed E-state index contributed by atoms with van der Waals surface area (Å²) in [6.07, 6.45) is 4.63. The molecule has 2 N–H and O–H groups in total. The van der Waals surface area contributed by atoms with Gasteiger partial charge in [-0.2, -0.15) is 0 Å². The summed E-state index contributed by atoms with van der Waals surface area (Å²) in [7, 11) is 1.32. The van der Waals surface area contributed by atoms with E-state index < -0.39 is 12.0 Å². The summed E-state index contributed by atoms with van der Waals surface area (Å²) in [5.41, 5.74) is 4.77. The lowest BCUT2D eigenvalue weighted by Gasteiger charge is -2.21. The molecule has 1 aliphatic heterocycles. The molecule has 1 aliphatic carbocycles. The van der Waals surface area contributed by atoms with Crippen LogP contribution >= 0.6 is 0 Å². The Labute approximate surface area is 278 Å². The smallest absolute Gasteiger partial charge is 0.328 e. The van der Waals surface area contributed by atoms with Gasteiger partial charge in [-0.1, -0.05) is 18.2 Å². The van der Waals surface area contributed by atoms with Crippen LogP contribution in [-0.4, -0.2) is 54.7 Å². The van der Waals surface area contributed by atoms with Gasteiger partial charge in [-0.25, -0.2) is 9.78 Å². The number of aromatic nitrogens is 2. The van der Waals surface area contributed by atoms with Crippen molar-refractivity contribution in [3.63, 3.8) is 0 Å². The molecule has 248 valence electrons. The van der Waals surface area contributed by atoms with Crippen LogP contribution in [0.5, 0.6) is 5.75 Å². The van der Waals surface area contributed by atoms with Crippen LogP contribution in [0.3, 0.4) is 0 Å². The van der Waals surface area contributed by atoms with Gasteiger partial charge in [0.1, 0.15) is 23.0 Å². The Morgan fingerprint density at radius 2 is 1.79 bits per heavy atom. The van der Waals surface area contributed by atoms with Crippen molar-refractivity contribution in [1.82, 2.24) is 15.3 Å². The molecular weight excluding hydrogens is 608 g/mol. The van der Waals surface area contributed by atoms with Gasteiger partial charge in [0.2, 0.25) is 5.91 Å². The van der Waals surface area contributed by atoms with Crippen molar-refractivity contribution in [1.29, 1.82) is 0 Å². The van der Waals surface area contributed by atoms with Crippen molar-refractivity contribution in [2.24, 2.45) is 0 Å². The summed E-state index contributed by atoms with van der Waals surface area (Å²) < 4.78 is 17.2. The average molecular weight is 649 g/mol. The Hall–Kier alpha value is -5.38. The Balaban J connectivity index is 1.04. The molecule has 6 rings (SSSR count). The molecule has 3 aromatic carbocycles. The Morgan fingerprint density at radius 1 is 0.958 bits per heavy atom. The number of amides is 1. The lowest BCUT2D eigenvalue weighted by molar-refractivity contribution is -0.145. The molecule has 4 aromatic rings. The molecule has 0 bridgehead atoms. The zero-order valence-corrected chi connectivity index (χ0v) is 27.5. The van der Waals surface area contributed by atoms with Crippen LogP contribution in [0.1, 0.15) is 45.1 Å². The second-order valence-corrected chi connectivity index (χ2v) is 11.8. The first kappa shape index (κ1) is 32.6. The fourth-order valence-corrected chi connectivity index (χ4v) is 6.19. The number of H-pyrrole nitrogens is 1. The summed E-state index contributed by atoms with van der Waals surface area (Å²) in [6, 6.07) is 19.9. The van der Waals surface area contributed by atoms with Gasteiger partial charge in [-0.05, 0) is 75.1 Å². The Morgan fingerprint density at radius 3 is 2.60 bits per heavy atom. The van der Waals surface area contributed by atoms with Crippen molar-refractivity contribution in [2.75, 3.05) is 31.7 Å². The fraction of sp³-hybridized carbons (Fsp3) is 0.316. The number of nitrogens with one attached hydrogen (secondary N) is 2. The lowest BCUT2D eigenvalue weighted by atomic mass is 10.0. The van der Waals surface area contributed by atoms with Crippen molar-refractivity contribution in [2.45, 2.75) is 52.0 Å². The van der Waals surface area contributed by atoms with Gasteiger partial charge in [0.25, 0.3) is 0 Å². The van der Waals surface area contributed by atoms with E-state index in [1.54, 1.807) is 12.1 Å². The van der Waals surface area contributed by atoms with Crippen LogP contribution in [0.2, 0.25) is 0 Å². The van der Waals surface area contributed by atoms with Crippen LogP contribution < -0.4 is 20.4 Å². The van der Waals surface area contributed by atoms with Gasteiger partial charge in [0, 0.05) is 71.6 Å². The van der Waals surface area contributed by atoms with E-state index in [1.165, 1.54) is 13.2 Å². The van der Waals surface area contributed by atoms with E-state index in [0.717, 1.165) is 48.1 Å². The highest BCUT2D eigenvalue weighted by atomic mass is 16.5. The maximum absolute atomic E-state index is 13.0. The van der Waals surface area contributed by atoms with E-state index in [1.807, 2.05) is 54.7 Å². The van der Waals surface area contributed by atoms with Gasteiger partial charge in [0.15, 0.2) is 16.8 Å². The molecule has 0 unspecified atom stereocenters. The summed E-state index contributed by atoms with van der Waals surface area (Å²) in [5, 5.41) is 5.09. The highest BCUT2D eigenvalue weighted by Gasteiger charge is 2.23. The summed E-state index contributed by atoms with van der Waals surface area (Å²) in [4.78, 5) is 48.4. The van der Waals surface area contributed by atoms with Crippen LogP contribution in [0.4, 0.5) is 5.69 Å². The molecule has 1 aromatic heterocycles. The van der Waals surface area contributed by atoms with Crippen LogP contribution in [-0.2, 0) is 20.7 Å². The number of esters is 1. The predicted molar refractivity (Wildman–Crippen MR) is 188 cm³/mol. The highest BCUT2D eigenvalue weighted by molar-refractivity contribution is 5.97. The molecule has 2 aliphatic rings. The van der Waals surface area contributed by atoms with E-state index in [4.69, 9.17) is 18.9 Å². The van der Waals surface area contributed by atoms with E-state index >= 15 is 0 Å². The fourth-order valence-electron chi connectivity index (χ4n) is 6.19. The van der Waals surface area contributed by atoms with Gasteiger partial charge in [-0.15, -0.1) is 0 Å². The number of hydrogen-bond acceptors (Lipinski definition) is 8. The first-order valence-corrected chi connectivity index (χ1v) is 16.5. The quantitative estimate of drug-likeness (QED) is 0.0585. The molecular formula is C38H40N4O6. The number of benzene rings is 4. The molecule has 1 atom stereocenters.